The van der Waals surface area contributed by atoms with E-state index in [4.69, 9.17) is 9.47 Å². The molecule has 0 aliphatic rings. The standard InChI is InChI=1S/C48H91N2O6/c1-5-8-10-12-14-16-18-20-22-24-26-28-30-32-34-36-47(53)55-43-38-49(46(52)45-50(4,40-7-3)41-42-51)39-44-56-48(54)37-35-33-31-29-27-25-23-21-19-17-15-13-11-9-6-2/h20-23,51H,5-19,24-45H2,1-4H3/q+1/b22-20-,23-21-. The number of unbranched alkanes of at least 4 members (excludes halogenated alkanes) is 22. The number of amides is 1. The summed E-state index contributed by atoms with van der Waals surface area (Å²) in [4.78, 5) is 40.1. The Morgan fingerprint density at radius 3 is 1.21 bits per heavy atom. The van der Waals surface area contributed by atoms with Crippen molar-refractivity contribution in [2.24, 2.45) is 0 Å². The first-order valence-electron chi connectivity index (χ1n) is 23.6. The molecule has 0 bridgehead atoms. The number of quaternary nitrogens is 1. The van der Waals surface area contributed by atoms with Crippen LogP contribution >= 0.6 is 0 Å². The molecule has 56 heavy (non-hydrogen) atoms. The molecule has 1 unspecified atom stereocenters. The van der Waals surface area contributed by atoms with Crippen LogP contribution in [0.3, 0.4) is 0 Å². The number of hydrogen-bond acceptors (Lipinski definition) is 6. The Morgan fingerprint density at radius 1 is 0.500 bits per heavy atom. The van der Waals surface area contributed by atoms with E-state index in [1.807, 2.05) is 7.05 Å². The second kappa shape index (κ2) is 41.0. The van der Waals surface area contributed by atoms with Crippen LogP contribution in [0.5, 0.6) is 0 Å². The van der Waals surface area contributed by atoms with Crippen molar-refractivity contribution in [3.05, 3.63) is 24.3 Å². The van der Waals surface area contributed by atoms with Crippen LogP contribution in [0.25, 0.3) is 0 Å². The van der Waals surface area contributed by atoms with E-state index in [2.05, 4.69) is 45.1 Å². The number of carbonyl (C=O) groups excluding carboxylic acids is 3. The third-order valence-electron chi connectivity index (χ3n) is 10.8. The van der Waals surface area contributed by atoms with Gasteiger partial charge in [-0.25, -0.2) is 0 Å². The van der Waals surface area contributed by atoms with Gasteiger partial charge < -0.3 is 24.0 Å². The zero-order valence-electron chi connectivity index (χ0n) is 37.4. The highest BCUT2D eigenvalue weighted by atomic mass is 16.5. The number of carbonyl (C=O) groups is 3. The Morgan fingerprint density at radius 2 is 0.857 bits per heavy atom. The number of aliphatic hydroxyl groups is 1. The van der Waals surface area contributed by atoms with E-state index < -0.39 is 0 Å². The van der Waals surface area contributed by atoms with Gasteiger partial charge in [-0.3, -0.25) is 14.4 Å². The topological polar surface area (TPSA) is 93.1 Å². The maximum absolute atomic E-state index is 13.5. The molecule has 8 nitrogen and oxygen atoms in total. The van der Waals surface area contributed by atoms with Crippen molar-refractivity contribution in [1.82, 2.24) is 4.90 Å². The van der Waals surface area contributed by atoms with Crippen molar-refractivity contribution in [3.63, 3.8) is 0 Å². The molecular formula is C48H91N2O6+. The quantitative estimate of drug-likeness (QED) is 0.0286. The summed E-state index contributed by atoms with van der Waals surface area (Å²) in [5.41, 5.74) is 0. The molecule has 0 aromatic carbocycles. The van der Waals surface area contributed by atoms with Crippen LogP contribution in [0.15, 0.2) is 24.3 Å². The van der Waals surface area contributed by atoms with Crippen molar-refractivity contribution < 1.29 is 33.4 Å². The van der Waals surface area contributed by atoms with Gasteiger partial charge in [0.15, 0.2) is 6.54 Å². The maximum atomic E-state index is 13.5. The van der Waals surface area contributed by atoms with Crippen LogP contribution in [0, 0.1) is 0 Å². The molecule has 0 fully saturated rings. The fourth-order valence-corrected chi connectivity index (χ4v) is 7.20. The van der Waals surface area contributed by atoms with Crippen LogP contribution in [0.4, 0.5) is 0 Å². The summed E-state index contributed by atoms with van der Waals surface area (Å²) in [7, 11) is 1.98. The molecule has 0 aliphatic heterocycles. The Bertz CT molecular complexity index is 903. The first-order chi connectivity index (χ1) is 27.3. The second-order valence-electron chi connectivity index (χ2n) is 16.4. The van der Waals surface area contributed by atoms with Gasteiger partial charge >= 0.3 is 11.9 Å². The summed E-state index contributed by atoms with van der Waals surface area (Å²) in [6, 6.07) is 0. The molecule has 0 saturated heterocycles. The molecule has 0 rings (SSSR count). The molecule has 328 valence electrons. The smallest absolute Gasteiger partial charge is 0.305 e. The molecule has 1 atom stereocenters. The Kier molecular flexibility index (Phi) is 39.4. The van der Waals surface area contributed by atoms with E-state index in [-0.39, 0.29) is 57.3 Å². The highest BCUT2D eigenvalue weighted by Gasteiger charge is 2.27. The predicted molar refractivity (Wildman–Crippen MR) is 236 cm³/mol. The number of likely N-dealkylation sites (N-methyl/N-ethyl adjacent to an activating group) is 1. The van der Waals surface area contributed by atoms with Crippen molar-refractivity contribution in [3.8, 4) is 0 Å². The van der Waals surface area contributed by atoms with Gasteiger partial charge in [0.1, 0.15) is 19.8 Å². The molecule has 8 heteroatoms. The summed E-state index contributed by atoms with van der Waals surface area (Å²) in [5.74, 6) is -0.544. The van der Waals surface area contributed by atoms with Crippen molar-refractivity contribution >= 4 is 17.8 Å². The maximum Gasteiger partial charge on any atom is 0.305 e. The number of esters is 2. The van der Waals surface area contributed by atoms with E-state index in [9.17, 15) is 19.5 Å². The molecule has 0 heterocycles. The van der Waals surface area contributed by atoms with Gasteiger partial charge in [-0.1, -0.05) is 148 Å². The van der Waals surface area contributed by atoms with E-state index in [0.29, 0.717) is 23.9 Å². The average molecular weight is 792 g/mol. The van der Waals surface area contributed by atoms with Gasteiger partial charge in [-0.2, -0.15) is 0 Å². The van der Waals surface area contributed by atoms with E-state index >= 15 is 0 Å². The first-order valence-corrected chi connectivity index (χ1v) is 23.6. The van der Waals surface area contributed by atoms with Gasteiger partial charge in [-0.05, 0) is 70.6 Å². The van der Waals surface area contributed by atoms with Crippen LogP contribution < -0.4 is 0 Å². The summed E-state index contributed by atoms with van der Waals surface area (Å²) in [6.45, 7) is 8.85. The van der Waals surface area contributed by atoms with Crippen LogP contribution in [-0.2, 0) is 23.9 Å². The Hall–Kier alpha value is -2.19. The molecule has 0 aromatic rings. The van der Waals surface area contributed by atoms with Crippen molar-refractivity contribution in [2.45, 2.75) is 207 Å². The molecule has 0 aliphatic carbocycles. The third-order valence-corrected chi connectivity index (χ3v) is 10.8. The lowest BCUT2D eigenvalue weighted by Gasteiger charge is -2.35. The van der Waals surface area contributed by atoms with Crippen molar-refractivity contribution in [1.29, 1.82) is 0 Å². The molecule has 0 aromatic heterocycles. The van der Waals surface area contributed by atoms with Crippen molar-refractivity contribution in [2.75, 3.05) is 59.6 Å². The fourth-order valence-electron chi connectivity index (χ4n) is 7.20. The lowest BCUT2D eigenvalue weighted by atomic mass is 10.1. The molecule has 0 saturated carbocycles. The largest absolute Gasteiger partial charge is 0.464 e. The summed E-state index contributed by atoms with van der Waals surface area (Å²) >= 11 is 0. The third kappa shape index (κ3) is 36.2. The molecule has 0 radical (unpaired) electrons. The minimum absolute atomic E-state index is 0.00567. The average Bonchev–Trinajstić information content (AvgIpc) is 3.17. The predicted octanol–water partition coefficient (Wildman–Crippen LogP) is 11.8. The minimum Gasteiger partial charge on any atom is -0.464 e. The number of ether oxygens (including phenoxy) is 2. The molecule has 1 N–H and O–H groups in total. The molecule has 1 amide bonds. The van der Waals surface area contributed by atoms with E-state index in [1.165, 1.54) is 116 Å². The minimum atomic E-state index is -0.228. The second-order valence-corrected chi connectivity index (χ2v) is 16.4. The monoisotopic (exact) mass is 792 g/mol. The Labute approximate surface area is 346 Å². The summed E-state index contributed by atoms with van der Waals surface area (Å²) in [6.07, 6.45) is 42.5. The highest BCUT2D eigenvalue weighted by molar-refractivity contribution is 5.77. The van der Waals surface area contributed by atoms with E-state index in [0.717, 1.165) is 64.3 Å². The van der Waals surface area contributed by atoms with Gasteiger partial charge in [0.25, 0.3) is 5.91 Å². The SMILES string of the molecule is CCCCCCCC/C=C\CCCCCCCC(=O)OCCN(CCOC(=O)CCCCCCC/C=C\CCCCCCCC)C(=O)C[N+](C)(CCC)CCO. The number of nitrogens with zero attached hydrogens (tertiary/aromatic N) is 2. The lowest BCUT2D eigenvalue weighted by Crippen LogP contribution is -2.54. The number of hydrogen-bond donors (Lipinski definition) is 1. The first kappa shape index (κ1) is 53.8. The van der Waals surface area contributed by atoms with Crippen LogP contribution in [0.2, 0.25) is 0 Å². The number of aliphatic hydroxyl groups excluding tert-OH is 1. The fraction of sp³-hybridized carbons (Fsp3) is 0.854. The summed E-state index contributed by atoms with van der Waals surface area (Å²) < 4.78 is 11.5. The van der Waals surface area contributed by atoms with Gasteiger partial charge in [0.05, 0.1) is 33.3 Å². The summed E-state index contributed by atoms with van der Waals surface area (Å²) in [5, 5.41) is 9.63. The zero-order valence-corrected chi connectivity index (χ0v) is 37.4. The highest BCUT2D eigenvalue weighted by Crippen LogP contribution is 2.13. The van der Waals surface area contributed by atoms with Crippen LogP contribution in [-0.4, -0.2) is 91.9 Å². The van der Waals surface area contributed by atoms with E-state index in [1.54, 1.807) is 4.90 Å². The molecule has 0 spiro atoms. The van der Waals surface area contributed by atoms with Crippen LogP contribution in [0.1, 0.15) is 207 Å². The van der Waals surface area contributed by atoms with Gasteiger partial charge in [0, 0.05) is 12.8 Å². The number of rotatable bonds is 42. The Balaban J connectivity index is 4.34. The number of allylic oxidation sites excluding steroid dienone is 4. The normalized spacial score (nSPS) is 12.7. The molecular weight excluding hydrogens is 701 g/mol. The lowest BCUT2D eigenvalue weighted by molar-refractivity contribution is -0.902. The van der Waals surface area contributed by atoms with Gasteiger partial charge in [0.2, 0.25) is 0 Å². The van der Waals surface area contributed by atoms with Gasteiger partial charge in [-0.15, -0.1) is 0 Å². The zero-order chi connectivity index (χ0) is 41.2.